The van der Waals surface area contributed by atoms with Crippen molar-refractivity contribution in [2.75, 3.05) is 13.2 Å². The molecule has 5 rings (SSSR count). The van der Waals surface area contributed by atoms with E-state index in [-0.39, 0.29) is 35.9 Å². The van der Waals surface area contributed by atoms with Crippen molar-refractivity contribution in [1.82, 2.24) is 20.0 Å². The molecule has 2 aromatic carbocycles. The summed E-state index contributed by atoms with van der Waals surface area (Å²) in [4.78, 5) is 39.5. The van der Waals surface area contributed by atoms with E-state index in [2.05, 4.69) is 10.4 Å². The maximum Gasteiger partial charge on any atom is 0.261 e. The number of nitrogens with zero attached hydrogens (tertiary/aromatic N) is 3. The molecule has 0 spiro atoms. The predicted molar refractivity (Wildman–Crippen MR) is 120 cm³/mol. The highest BCUT2D eigenvalue weighted by molar-refractivity contribution is 6.22. The normalized spacial score (nSPS) is 17.5. The molecule has 0 radical (unpaired) electrons. The third kappa shape index (κ3) is 4.42. The number of carbonyl (C=O) groups is 3. The van der Waals surface area contributed by atoms with Crippen molar-refractivity contribution in [3.05, 3.63) is 88.7 Å². The number of rotatable bonds is 7. The van der Waals surface area contributed by atoms with Crippen LogP contribution in [0.4, 0.5) is 0 Å². The third-order valence-electron chi connectivity index (χ3n) is 5.99. The van der Waals surface area contributed by atoms with Crippen LogP contribution in [0.1, 0.15) is 55.0 Å². The fraction of sp³-hybridized carbons (Fsp3) is 0.280. The van der Waals surface area contributed by atoms with Crippen LogP contribution >= 0.6 is 0 Å². The molecule has 0 saturated carbocycles. The maximum atomic E-state index is 12.8. The molecule has 33 heavy (non-hydrogen) atoms. The van der Waals surface area contributed by atoms with Gasteiger partial charge in [0.25, 0.3) is 17.7 Å². The average molecular weight is 444 g/mol. The number of imide groups is 1. The number of amides is 3. The summed E-state index contributed by atoms with van der Waals surface area (Å²) in [5, 5.41) is 7.11. The Morgan fingerprint density at radius 3 is 2.70 bits per heavy atom. The van der Waals surface area contributed by atoms with E-state index in [4.69, 9.17) is 4.74 Å². The summed E-state index contributed by atoms with van der Waals surface area (Å²) in [6.07, 6.45) is 5.30. The summed E-state index contributed by atoms with van der Waals surface area (Å²) in [5.74, 6) is -0.994. The minimum atomic E-state index is -0.369. The second kappa shape index (κ2) is 8.99. The van der Waals surface area contributed by atoms with E-state index < -0.39 is 0 Å². The highest BCUT2D eigenvalue weighted by Crippen LogP contribution is 2.26. The van der Waals surface area contributed by atoms with E-state index in [0.717, 1.165) is 24.0 Å². The Kier molecular flexibility index (Phi) is 5.75. The molecule has 0 aliphatic carbocycles. The van der Waals surface area contributed by atoms with Crippen LogP contribution in [0.2, 0.25) is 0 Å². The van der Waals surface area contributed by atoms with Crippen molar-refractivity contribution in [2.24, 2.45) is 0 Å². The first-order valence-electron chi connectivity index (χ1n) is 11.0. The standard InChI is InChI=1S/C25H24N4O4/c30-23(26-14-17-4-1-5-18(12-17)15-28-10-3-9-27-28)19-7-8-21-22(13-19)25(32)29(24(21)31)16-20-6-2-11-33-20/h1,3-5,7-10,12-13,20H,2,6,11,14-16H2,(H,26,30). The Balaban J connectivity index is 1.24. The van der Waals surface area contributed by atoms with Gasteiger partial charge < -0.3 is 10.1 Å². The molecule has 0 bridgehead atoms. The average Bonchev–Trinajstić information content (AvgIpc) is 3.58. The minimum absolute atomic E-state index is 0.112. The summed E-state index contributed by atoms with van der Waals surface area (Å²) in [5.41, 5.74) is 3.00. The van der Waals surface area contributed by atoms with Crippen LogP contribution in [0.3, 0.4) is 0 Å². The van der Waals surface area contributed by atoms with Gasteiger partial charge in [0.15, 0.2) is 0 Å². The number of nitrogens with one attached hydrogen (secondary N) is 1. The monoisotopic (exact) mass is 444 g/mol. The van der Waals surface area contributed by atoms with Gasteiger partial charge in [-0.1, -0.05) is 24.3 Å². The van der Waals surface area contributed by atoms with Gasteiger partial charge in [0.1, 0.15) is 0 Å². The van der Waals surface area contributed by atoms with Gasteiger partial charge in [0, 0.05) is 31.1 Å². The molecule has 168 valence electrons. The van der Waals surface area contributed by atoms with Crippen molar-refractivity contribution < 1.29 is 19.1 Å². The summed E-state index contributed by atoms with van der Waals surface area (Å²) in [6.45, 7) is 1.91. The Bertz CT molecular complexity index is 1200. The Morgan fingerprint density at radius 1 is 1.06 bits per heavy atom. The molecule has 2 aliphatic rings. The first kappa shape index (κ1) is 21.1. The van der Waals surface area contributed by atoms with Gasteiger partial charge in [-0.05, 0) is 48.2 Å². The third-order valence-corrected chi connectivity index (χ3v) is 5.99. The molecule has 1 atom stereocenters. The van der Waals surface area contributed by atoms with E-state index in [1.54, 1.807) is 18.3 Å². The first-order valence-corrected chi connectivity index (χ1v) is 11.0. The van der Waals surface area contributed by atoms with E-state index in [9.17, 15) is 14.4 Å². The van der Waals surface area contributed by atoms with Gasteiger partial charge in [0.2, 0.25) is 0 Å². The zero-order valence-electron chi connectivity index (χ0n) is 18.1. The lowest BCUT2D eigenvalue weighted by molar-refractivity contribution is 0.0475. The van der Waals surface area contributed by atoms with Crippen LogP contribution in [0.5, 0.6) is 0 Å². The van der Waals surface area contributed by atoms with Crippen molar-refractivity contribution in [3.8, 4) is 0 Å². The quantitative estimate of drug-likeness (QED) is 0.566. The van der Waals surface area contributed by atoms with Crippen molar-refractivity contribution >= 4 is 17.7 Å². The van der Waals surface area contributed by atoms with Gasteiger partial charge in [-0.25, -0.2) is 0 Å². The SMILES string of the molecule is O=C(NCc1cccc(Cn2cccn2)c1)c1ccc2c(c1)C(=O)N(CC1CCCO1)C2=O. The number of fused-ring (bicyclic) bond motifs is 1. The molecular formula is C25H24N4O4. The Morgan fingerprint density at radius 2 is 1.91 bits per heavy atom. The molecule has 3 amide bonds. The Hall–Kier alpha value is -3.78. The second-order valence-corrected chi connectivity index (χ2v) is 8.32. The molecular weight excluding hydrogens is 420 g/mol. The molecule has 1 saturated heterocycles. The number of hydrogen-bond donors (Lipinski definition) is 1. The van der Waals surface area contributed by atoms with E-state index in [1.165, 1.54) is 11.0 Å². The van der Waals surface area contributed by atoms with Gasteiger partial charge in [0.05, 0.1) is 30.3 Å². The van der Waals surface area contributed by atoms with Crippen LogP contribution in [0, 0.1) is 0 Å². The number of ether oxygens (including phenoxy) is 1. The van der Waals surface area contributed by atoms with Gasteiger partial charge in [-0.2, -0.15) is 5.10 Å². The maximum absolute atomic E-state index is 12.8. The second-order valence-electron chi connectivity index (χ2n) is 8.32. The Labute approximate surface area is 191 Å². The van der Waals surface area contributed by atoms with Crippen LogP contribution in [0.25, 0.3) is 0 Å². The lowest BCUT2D eigenvalue weighted by Gasteiger charge is -2.17. The molecule has 2 aliphatic heterocycles. The lowest BCUT2D eigenvalue weighted by Crippen LogP contribution is -2.36. The van der Waals surface area contributed by atoms with Gasteiger partial charge in [-0.3, -0.25) is 24.0 Å². The molecule has 8 heteroatoms. The highest BCUT2D eigenvalue weighted by atomic mass is 16.5. The minimum Gasteiger partial charge on any atom is -0.376 e. The van der Waals surface area contributed by atoms with Crippen LogP contribution in [-0.4, -0.2) is 51.7 Å². The summed E-state index contributed by atoms with van der Waals surface area (Å²) >= 11 is 0. The van der Waals surface area contributed by atoms with Crippen LogP contribution in [-0.2, 0) is 17.8 Å². The van der Waals surface area contributed by atoms with Crippen molar-refractivity contribution in [3.63, 3.8) is 0 Å². The van der Waals surface area contributed by atoms with E-state index in [1.807, 2.05) is 41.2 Å². The highest BCUT2D eigenvalue weighted by Gasteiger charge is 2.37. The molecule has 1 aromatic heterocycles. The van der Waals surface area contributed by atoms with E-state index in [0.29, 0.717) is 30.8 Å². The van der Waals surface area contributed by atoms with Gasteiger partial charge in [-0.15, -0.1) is 0 Å². The molecule has 1 N–H and O–H groups in total. The zero-order valence-corrected chi connectivity index (χ0v) is 18.1. The van der Waals surface area contributed by atoms with E-state index >= 15 is 0 Å². The molecule has 3 heterocycles. The van der Waals surface area contributed by atoms with Crippen molar-refractivity contribution in [1.29, 1.82) is 0 Å². The topological polar surface area (TPSA) is 93.5 Å². The number of benzene rings is 2. The fourth-order valence-corrected chi connectivity index (χ4v) is 4.29. The first-order chi connectivity index (χ1) is 16.1. The molecule has 8 nitrogen and oxygen atoms in total. The summed E-state index contributed by atoms with van der Waals surface area (Å²) < 4.78 is 7.40. The van der Waals surface area contributed by atoms with Crippen molar-refractivity contribution in [2.45, 2.75) is 32.0 Å². The molecule has 1 fully saturated rings. The number of aromatic nitrogens is 2. The lowest BCUT2D eigenvalue weighted by atomic mass is 10.1. The number of carbonyl (C=O) groups excluding carboxylic acids is 3. The zero-order chi connectivity index (χ0) is 22.8. The fourth-order valence-electron chi connectivity index (χ4n) is 4.29. The van der Waals surface area contributed by atoms with Gasteiger partial charge >= 0.3 is 0 Å². The predicted octanol–water partition coefficient (Wildman–Crippen LogP) is 2.64. The summed E-state index contributed by atoms with van der Waals surface area (Å²) in [6, 6.07) is 14.5. The van der Waals surface area contributed by atoms with Crippen LogP contribution < -0.4 is 5.32 Å². The number of hydrogen-bond acceptors (Lipinski definition) is 5. The smallest absolute Gasteiger partial charge is 0.261 e. The molecule has 3 aromatic rings. The van der Waals surface area contributed by atoms with Crippen LogP contribution in [0.15, 0.2) is 60.9 Å². The summed E-state index contributed by atoms with van der Waals surface area (Å²) in [7, 11) is 0. The largest absolute Gasteiger partial charge is 0.376 e. The molecule has 1 unspecified atom stereocenters.